The van der Waals surface area contributed by atoms with E-state index >= 15 is 4.39 Å². The van der Waals surface area contributed by atoms with Crippen molar-refractivity contribution in [2.24, 2.45) is 5.41 Å². The molecule has 5 nitrogen and oxygen atoms in total. The Hall–Kier alpha value is -1.57. The standard InChI is InChI=1S/C29H40ClFN2O3S/c1-36-21-8-9-26-23(18-21)28(24(30)20-32-26)25(31)10-11-29(19-27(34)35)12-15-33(16-13-29)14-5-17-37-22-6-3-2-4-7-22/h8-9,18,20,22,25H,2-7,10-17,19H2,1H3,(H,34,35)/t25-/m1/s1. The summed E-state index contributed by atoms with van der Waals surface area (Å²) in [4.78, 5) is 18.6. The zero-order valence-electron chi connectivity index (χ0n) is 21.9. The summed E-state index contributed by atoms with van der Waals surface area (Å²) in [5.74, 6) is 1.03. The Morgan fingerprint density at radius 1 is 1.30 bits per heavy atom. The van der Waals surface area contributed by atoms with Crippen LogP contribution in [0.4, 0.5) is 4.39 Å². The molecule has 4 rings (SSSR count). The van der Waals surface area contributed by atoms with Crippen molar-refractivity contribution in [3.63, 3.8) is 0 Å². The van der Waals surface area contributed by atoms with Gasteiger partial charge in [-0.15, -0.1) is 0 Å². The van der Waals surface area contributed by atoms with Gasteiger partial charge in [-0.3, -0.25) is 9.78 Å². The normalized spacial score (nSPS) is 19.6. The molecule has 1 aliphatic heterocycles. The van der Waals surface area contributed by atoms with Crippen LogP contribution in [0.5, 0.6) is 5.75 Å². The van der Waals surface area contributed by atoms with Crippen LogP contribution in [0.15, 0.2) is 24.4 Å². The number of piperidine rings is 1. The maximum absolute atomic E-state index is 15.7. The monoisotopic (exact) mass is 550 g/mol. The van der Waals surface area contributed by atoms with Gasteiger partial charge in [-0.2, -0.15) is 11.8 Å². The van der Waals surface area contributed by atoms with Crippen LogP contribution in [0.3, 0.4) is 0 Å². The van der Waals surface area contributed by atoms with Crippen LogP contribution >= 0.6 is 23.4 Å². The van der Waals surface area contributed by atoms with Crippen LogP contribution in [0.25, 0.3) is 10.9 Å². The van der Waals surface area contributed by atoms with Gasteiger partial charge in [0.1, 0.15) is 11.9 Å². The van der Waals surface area contributed by atoms with Gasteiger partial charge in [-0.25, -0.2) is 4.39 Å². The molecular formula is C29H40ClFN2O3S. The molecular weight excluding hydrogens is 511 g/mol. The minimum absolute atomic E-state index is 0.0870. The number of fused-ring (bicyclic) bond motifs is 1. The van der Waals surface area contributed by atoms with E-state index in [-0.39, 0.29) is 18.3 Å². The molecule has 2 aromatic rings. The van der Waals surface area contributed by atoms with Crippen LogP contribution in [-0.4, -0.2) is 58.7 Å². The Bertz CT molecular complexity index is 1040. The quantitative estimate of drug-likeness (QED) is 0.273. The highest BCUT2D eigenvalue weighted by molar-refractivity contribution is 7.99. The number of hydrogen-bond acceptors (Lipinski definition) is 5. The first-order valence-corrected chi connectivity index (χ1v) is 15.1. The summed E-state index contributed by atoms with van der Waals surface area (Å²) in [5, 5.41) is 11.5. The van der Waals surface area contributed by atoms with Gasteiger partial charge in [-0.1, -0.05) is 30.9 Å². The maximum Gasteiger partial charge on any atom is 0.303 e. The third-order valence-electron chi connectivity index (χ3n) is 8.28. The Morgan fingerprint density at radius 2 is 2.05 bits per heavy atom. The minimum atomic E-state index is -1.30. The summed E-state index contributed by atoms with van der Waals surface area (Å²) in [7, 11) is 1.57. The molecule has 8 heteroatoms. The van der Waals surface area contributed by atoms with Crippen molar-refractivity contribution in [1.29, 1.82) is 0 Å². The third kappa shape index (κ3) is 7.73. The number of nitrogens with zero attached hydrogens (tertiary/aromatic N) is 2. The predicted molar refractivity (Wildman–Crippen MR) is 151 cm³/mol. The van der Waals surface area contributed by atoms with Gasteiger partial charge >= 0.3 is 5.97 Å². The topological polar surface area (TPSA) is 62.7 Å². The van der Waals surface area contributed by atoms with Gasteiger partial charge in [-0.05, 0) is 93.9 Å². The average Bonchev–Trinajstić information content (AvgIpc) is 2.90. The molecule has 0 radical (unpaired) electrons. The van der Waals surface area contributed by atoms with E-state index in [4.69, 9.17) is 16.3 Å². The molecule has 0 unspecified atom stereocenters. The molecule has 37 heavy (non-hydrogen) atoms. The number of alkyl halides is 1. The average molecular weight is 551 g/mol. The maximum atomic E-state index is 15.7. The number of hydrogen-bond donors (Lipinski definition) is 1. The lowest BCUT2D eigenvalue weighted by Crippen LogP contribution is -2.41. The molecule has 0 spiro atoms. The number of carboxylic acids is 1. The molecule has 2 aliphatic rings. The van der Waals surface area contributed by atoms with Crippen LogP contribution in [0.1, 0.15) is 82.4 Å². The fourth-order valence-electron chi connectivity index (χ4n) is 6.05. The van der Waals surface area contributed by atoms with Gasteiger partial charge in [0, 0.05) is 22.4 Å². The van der Waals surface area contributed by atoms with Crippen molar-refractivity contribution in [2.75, 3.05) is 32.5 Å². The number of likely N-dealkylation sites (tertiary alicyclic amines) is 1. The lowest BCUT2D eigenvalue weighted by Gasteiger charge is -2.41. The second kappa shape index (κ2) is 13.5. The number of halogens is 2. The molecule has 2 heterocycles. The van der Waals surface area contributed by atoms with E-state index in [1.807, 2.05) is 0 Å². The van der Waals surface area contributed by atoms with E-state index in [2.05, 4.69) is 21.6 Å². The zero-order valence-corrected chi connectivity index (χ0v) is 23.5. The molecule has 0 bridgehead atoms. The Labute approximate surface area is 229 Å². The number of aromatic nitrogens is 1. The highest BCUT2D eigenvalue weighted by Gasteiger charge is 2.37. The summed E-state index contributed by atoms with van der Waals surface area (Å²) in [6.45, 7) is 2.83. The summed E-state index contributed by atoms with van der Waals surface area (Å²) in [6, 6.07) is 5.37. The van der Waals surface area contributed by atoms with E-state index in [1.54, 1.807) is 25.3 Å². The molecule has 0 amide bonds. The van der Waals surface area contributed by atoms with Crippen molar-refractivity contribution in [3.05, 3.63) is 35.0 Å². The fraction of sp³-hybridized carbons (Fsp3) is 0.655. The number of carboxylic acid groups (broad SMARTS) is 1. The Balaban J connectivity index is 1.33. The molecule has 1 aliphatic carbocycles. The molecule has 1 aromatic carbocycles. The smallest absolute Gasteiger partial charge is 0.303 e. The molecule has 204 valence electrons. The molecule has 1 saturated heterocycles. The van der Waals surface area contributed by atoms with Gasteiger partial charge in [0.25, 0.3) is 0 Å². The van der Waals surface area contributed by atoms with Crippen molar-refractivity contribution in [1.82, 2.24) is 9.88 Å². The second-order valence-corrected chi connectivity index (χ2v) is 12.6. The summed E-state index contributed by atoms with van der Waals surface area (Å²) >= 11 is 8.56. The van der Waals surface area contributed by atoms with Gasteiger partial charge in [0.2, 0.25) is 0 Å². The summed E-state index contributed by atoms with van der Waals surface area (Å²) in [6.07, 6.45) is 10.7. The predicted octanol–water partition coefficient (Wildman–Crippen LogP) is 7.70. The number of ether oxygens (including phenoxy) is 1. The zero-order chi connectivity index (χ0) is 26.3. The first kappa shape index (κ1) is 28.4. The van der Waals surface area contributed by atoms with E-state index in [9.17, 15) is 9.90 Å². The van der Waals surface area contributed by atoms with Crippen LogP contribution in [0, 0.1) is 5.41 Å². The van der Waals surface area contributed by atoms with Crippen LogP contribution in [0.2, 0.25) is 5.02 Å². The minimum Gasteiger partial charge on any atom is -0.497 e. The lowest BCUT2D eigenvalue weighted by molar-refractivity contribution is -0.141. The van der Waals surface area contributed by atoms with Crippen molar-refractivity contribution >= 4 is 40.2 Å². The molecule has 1 atom stereocenters. The fourth-order valence-corrected chi connectivity index (χ4v) is 7.61. The lowest BCUT2D eigenvalue weighted by atomic mass is 9.71. The number of carbonyl (C=O) groups is 1. The van der Waals surface area contributed by atoms with Crippen molar-refractivity contribution < 1.29 is 19.0 Å². The number of thioether (sulfide) groups is 1. The van der Waals surface area contributed by atoms with Crippen LogP contribution < -0.4 is 4.74 Å². The highest BCUT2D eigenvalue weighted by Crippen LogP contribution is 2.44. The molecule has 1 saturated carbocycles. The Kier molecular flexibility index (Phi) is 10.4. The third-order valence-corrected chi connectivity index (χ3v) is 10.0. The van der Waals surface area contributed by atoms with Gasteiger partial charge in [0.05, 0.1) is 24.1 Å². The number of rotatable bonds is 12. The Morgan fingerprint density at radius 3 is 2.76 bits per heavy atom. The van der Waals surface area contributed by atoms with Gasteiger partial charge in [0.15, 0.2) is 0 Å². The summed E-state index contributed by atoms with van der Waals surface area (Å²) in [5.41, 5.74) is 0.707. The molecule has 1 N–H and O–H groups in total. The van der Waals surface area contributed by atoms with E-state index in [1.165, 1.54) is 50.5 Å². The van der Waals surface area contributed by atoms with Crippen molar-refractivity contribution in [3.8, 4) is 5.75 Å². The van der Waals surface area contributed by atoms with Crippen molar-refractivity contribution in [2.45, 2.75) is 82.1 Å². The number of methoxy groups -OCH3 is 1. The molecule has 1 aromatic heterocycles. The van der Waals surface area contributed by atoms with E-state index < -0.39 is 12.1 Å². The van der Waals surface area contributed by atoms with Crippen LogP contribution in [-0.2, 0) is 4.79 Å². The number of benzene rings is 1. The summed E-state index contributed by atoms with van der Waals surface area (Å²) < 4.78 is 21.1. The number of aliphatic carboxylic acids is 1. The van der Waals surface area contributed by atoms with Gasteiger partial charge < -0.3 is 14.7 Å². The highest BCUT2D eigenvalue weighted by atomic mass is 35.5. The molecule has 2 fully saturated rings. The largest absolute Gasteiger partial charge is 0.497 e. The van der Waals surface area contributed by atoms with E-state index in [0.717, 1.165) is 37.7 Å². The number of pyridine rings is 1. The second-order valence-electron chi connectivity index (χ2n) is 10.8. The van der Waals surface area contributed by atoms with E-state index in [0.29, 0.717) is 33.7 Å². The first-order chi connectivity index (χ1) is 17.9. The SMILES string of the molecule is COc1ccc2ncc(Cl)c([C@H](F)CCC3(CC(=O)O)CCN(CCCSC4CCCCC4)CC3)c2c1. The first-order valence-electron chi connectivity index (χ1n) is 13.7.